The Bertz CT molecular complexity index is 807. The van der Waals surface area contributed by atoms with Crippen LogP contribution in [0.15, 0.2) is 30.3 Å². The Morgan fingerprint density at radius 1 is 1.03 bits per heavy atom. The molecular formula is C27H48N4O4. The van der Waals surface area contributed by atoms with Crippen LogP contribution in [-0.4, -0.2) is 90.5 Å². The van der Waals surface area contributed by atoms with Crippen LogP contribution in [0.3, 0.4) is 0 Å². The third-order valence-electron chi connectivity index (χ3n) is 6.93. The Morgan fingerprint density at radius 2 is 1.57 bits per heavy atom. The number of carbonyl (C=O) groups is 2. The summed E-state index contributed by atoms with van der Waals surface area (Å²) in [5.74, 6) is -0.917. The molecule has 0 aliphatic heterocycles. The van der Waals surface area contributed by atoms with Gasteiger partial charge in [0.15, 0.2) is 0 Å². The number of carboxylic acids is 1. The van der Waals surface area contributed by atoms with Gasteiger partial charge in [-0.1, -0.05) is 78.8 Å². The number of hydrogen-bond donors (Lipinski definition) is 4. The second-order valence-electron chi connectivity index (χ2n) is 11.6. The van der Waals surface area contributed by atoms with Crippen LogP contribution in [-0.2, 0) is 15.0 Å². The SMILES string of the molecule is CN[C@H](C(=O)NC(C(O)N(C)[C@H](CN(C)CC(=O)O)C(C)C)C(C)(C)C)C(C)(C)c1ccccc1. The molecule has 0 aliphatic carbocycles. The Hall–Kier alpha value is -2.00. The van der Waals surface area contributed by atoms with E-state index < -0.39 is 35.1 Å². The molecule has 0 radical (unpaired) electrons. The normalized spacial score (nSPS) is 16.3. The fraction of sp³-hybridized carbons (Fsp3) is 0.704. The number of hydrogen-bond acceptors (Lipinski definition) is 6. The van der Waals surface area contributed by atoms with Gasteiger partial charge >= 0.3 is 5.97 Å². The summed E-state index contributed by atoms with van der Waals surface area (Å²) >= 11 is 0. The molecule has 0 heterocycles. The average Bonchev–Trinajstić information content (AvgIpc) is 2.74. The highest BCUT2D eigenvalue weighted by Crippen LogP contribution is 2.29. The molecule has 0 fully saturated rings. The topological polar surface area (TPSA) is 105 Å². The Labute approximate surface area is 212 Å². The Kier molecular flexibility index (Phi) is 11.4. The first-order valence-electron chi connectivity index (χ1n) is 12.4. The van der Waals surface area contributed by atoms with Gasteiger partial charge in [-0.3, -0.25) is 19.4 Å². The average molecular weight is 493 g/mol. The lowest BCUT2D eigenvalue weighted by Gasteiger charge is -2.44. The number of aliphatic hydroxyl groups excluding tert-OH is 1. The van der Waals surface area contributed by atoms with Crippen LogP contribution in [0.5, 0.6) is 0 Å². The molecular weight excluding hydrogens is 444 g/mol. The number of carboxylic acid groups (broad SMARTS) is 1. The lowest BCUT2D eigenvalue weighted by Crippen LogP contribution is -2.64. The fourth-order valence-electron chi connectivity index (χ4n) is 4.68. The first-order valence-corrected chi connectivity index (χ1v) is 12.4. The Morgan fingerprint density at radius 3 is 2.00 bits per heavy atom. The minimum Gasteiger partial charge on any atom is -0.480 e. The Balaban J connectivity index is 3.18. The summed E-state index contributed by atoms with van der Waals surface area (Å²) in [6.45, 7) is 14.5. The van der Waals surface area contributed by atoms with Crippen molar-refractivity contribution in [3.63, 3.8) is 0 Å². The highest BCUT2D eigenvalue weighted by atomic mass is 16.4. The third-order valence-corrected chi connectivity index (χ3v) is 6.93. The quantitative estimate of drug-likeness (QED) is 0.313. The van der Waals surface area contributed by atoms with Gasteiger partial charge in [0.1, 0.15) is 6.23 Å². The molecule has 35 heavy (non-hydrogen) atoms. The minimum atomic E-state index is -0.970. The lowest BCUT2D eigenvalue weighted by atomic mass is 9.76. The van der Waals surface area contributed by atoms with Crippen molar-refractivity contribution in [1.29, 1.82) is 0 Å². The van der Waals surface area contributed by atoms with Crippen molar-refractivity contribution < 1.29 is 19.8 Å². The maximum absolute atomic E-state index is 13.6. The van der Waals surface area contributed by atoms with Gasteiger partial charge in [-0.15, -0.1) is 0 Å². The van der Waals surface area contributed by atoms with Crippen LogP contribution in [0.25, 0.3) is 0 Å². The van der Waals surface area contributed by atoms with Crippen molar-refractivity contribution >= 4 is 11.9 Å². The van der Waals surface area contributed by atoms with Gasteiger partial charge in [-0.2, -0.15) is 0 Å². The minimum absolute atomic E-state index is 0.0784. The molecule has 1 aromatic rings. The largest absolute Gasteiger partial charge is 0.480 e. The number of amides is 1. The van der Waals surface area contributed by atoms with Gasteiger partial charge in [-0.25, -0.2) is 0 Å². The maximum atomic E-state index is 13.6. The fourth-order valence-corrected chi connectivity index (χ4v) is 4.68. The molecule has 0 saturated carbocycles. The number of benzene rings is 1. The molecule has 0 aliphatic rings. The zero-order chi connectivity index (χ0) is 27.1. The molecule has 8 heteroatoms. The smallest absolute Gasteiger partial charge is 0.317 e. The van der Waals surface area contributed by atoms with E-state index in [1.807, 2.05) is 90.7 Å². The second kappa shape index (κ2) is 12.8. The molecule has 0 bridgehead atoms. The molecule has 0 saturated heterocycles. The zero-order valence-electron chi connectivity index (χ0n) is 23.3. The number of aliphatic carboxylic acids is 1. The van der Waals surface area contributed by atoms with Gasteiger partial charge in [0, 0.05) is 18.0 Å². The van der Waals surface area contributed by atoms with E-state index in [4.69, 9.17) is 5.11 Å². The lowest BCUT2D eigenvalue weighted by molar-refractivity contribution is -0.139. The molecule has 4 N–H and O–H groups in total. The van der Waals surface area contributed by atoms with E-state index >= 15 is 0 Å². The van der Waals surface area contributed by atoms with Crippen molar-refractivity contribution in [3.05, 3.63) is 35.9 Å². The van der Waals surface area contributed by atoms with E-state index in [1.54, 1.807) is 19.0 Å². The summed E-state index contributed by atoms with van der Waals surface area (Å²) in [7, 11) is 5.37. The number of likely N-dealkylation sites (N-methyl/N-ethyl adjacent to an activating group) is 3. The van der Waals surface area contributed by atoms with E-state index in [1.165, 1.54) is 0 Å². The molecule has 200 valence electrons. The number of carbonyl (C=O) groups excluding carboxylic acids is 1. The van der Waals surface area contributed by atoms with Crippen molar-refractivity contribution in [2.24, 2.45) is 11.3 Å². The summed E-state index contributed by atoms with van der Waals surface area (Å²) < 4.78 is 0. The van der Waals surface area contributed by atoms with Gasteiger partial charge in [0.25, 0.3) is 0 Å². The van der Waals surface area contributed by atoms with Crippen LogP contribution < -0.4 is 10.6 Å². The summed E-state index contributed by atoms with van der Waals surface area (Å²) in [5.41, 5.74) is 0.118. The van der Waals surface area contributed by atoms with Crippen LogP contribution in [0, 0.1) is 11.3 Å². The second-order valence-corrected chi connectivity index (χ2v) is 11.6. The predicted molar refractivity (Wildman–Crippen MR) is 141 cm³/mol. The first kappa shape index (κ1) is 31.0. The number of nitrogens with zero attached hydrogens (tertiary/aromatic N) is 2. The highest BCUT2D eigenvalue weighted by molar-refractivity contribution is 5.84. The van der Waals surface area contributed by atoms with E-state index in [0.717, 1.165) is 5.56 Å². The zero-order valence-corrected chi connectivity index (χ0v) is 23.3. The number of rotatable bonds is 13. The standard InChI is InChI=1S/C27H48N4O4/c1-18(2)20(16-30(9)17-21(32)33)31(10)25(35)23(26(3,4)5)29-24(34)22(28-8)27(6,7)19-14-12-11-13-15-19/h11-15,18,20,22-23,25,28,35H,16-17H2,1-10H3,(H,29,34)(H,32,33)/t20-,22-,23?,25?/m1/s1. The van der Waals surface area contributed by atoms with Gasteiger partial charge in [0.05, 0.1) is 18.6 Å². The van der Waals surface area contributed by atoms with Gasteiger partial charge in [-0.05, 0) is 38.0 Å². The summed E-state index contributed by atoms with van der Waals surface area (Å²) in [6.07, 6.45) is -0.970. The monoisotopic (exact) mass is 492 g/mol. The summed E-state index contributed by atoms with van der Waals surface area (Å²) in [6, 6.07) is 8.72. The molecule has 0 aromatic heterocycles. The molecule has 1 amide bonds. The van der Waals surface area contributed by atoms with Crippen LogP contribution >= 0.6 is 0 Å². The predicted octanol–water partition coefficient (Wildman–Crippen LogP) is 2.37. The number of nitrogens with one attached hydrogen (secondary N) is 2. The first-order chi connectivity index (χ1) is 16.0. The third kappa shape index (κ3) is 8.56. The van der Waals surface area contributed by atoms with Crippen LogP contribution in [0.1, 0.15) is 54.0 Å². The highest BCUT2D eigenvalue weighted by Gasteiger charge is 2.41. The van der Waals surface area contributed by atoms with E-state index in [0.29, 0.717) is 6.54 Å². The van der Waals surface area contributed by atoms with Gasteiger partial charge < -0.3 is 20.8 Å². The van der Waals surface area contributed by atoms with Crippen LogP contribution in [0.2, 0.25) is 0 Å². The van der Waals surface area contributed by atoms with Gasteiger partial charge in [0.2, 0.25) is 5.91 Å². The van der Waals surface area contributed by atoms with Crippen molar-refractivity contribution in [2.75, 3.05) is 34.2 Å². The summed E-state index contributed by atoms with van der Waals surface area (Å²) in [5, 5.41) is 27.0. The number of aliphatic hydroxyl groups is 1. The molecule has 0 spiro atoms. The molecule has 1 aromatic carbocycles. The molecule has 1 rings (SSSR count). The van der Waals surface area contributed by atoms with Crippen molar-refractivity contribution in [2.45, 2.75) is 78.2 Å². The van der Waals surface area contributed by atoms with Crippen molar-refractivity contribution in [1.82, 2.24) is 20.4 Å². The van der Waals surface area contributed by atoms with E-state index in [2.05, 4.69) is 10.6 Å². The molecule has 4 atom stereocenters. The maximum Gasteiger partial charge on any atom is 0.317 e. The molecule has 8 nitrogen and oxygen atoms in total. The van der Waals surface area contributed by atoms with Crippen LogP contribution in [0.4, 0.5) is 0 Å². The summed E-state index contributed by atoms with van der Waals surface area (Å²) in [4.78, 5) is 28.3. The van der Waals surface area contributed by atoms with E-state index in [9.17, 15) is 14.7 Å². The van der Waals surface area contributed by atoms with E-state index in [-0.39, 0.29) is 24.4 Å². The molecule has 2 unspecified atom stereocenters. The van der Waals surface area contributed by atoms with Crippen molar-refractivity contribution in [3.8, 4) is 0 Å².